The van der Waals surface area contributed by atoms with Gasteiger partial charge in [0.25, 0.3) is 0 Å². The van der Waals surface area contributed by atoms with Gasteiger partial charge in [-0.15, -0.1) is 5.10 Å². The molecule has 0 saturated heterocycles. The van der Waals surface area contributed by atoms with Crippen molar-refractivity contribution in [2.24, 2.45) is 0 Å². The van der Waals surface area contributed by atoms with Crippen LogP contribution < -0.4 is 0 Å². The first kappa shape index (κ1) is 10.7. The fraction of sp³-hybridized carbons (Fsp3) is 0.250. The van der Waals surface area contributed by atoms with E-state index in [2.05, 4.69) is 15.2 Å². The molecular weight excluding hydrogens is 202 g/mol. The molecule has 0 spiro atoms. The van der Waals surface area contributed by atoms with Crippen LogP contribution in [-0.4, -0.2) is 26.9 Å². The lowest BCUT2D eigenvalue weighted by Gasteiger charge is -2.04. The van der Waals surface area contributed by atoms with Crippen LogP contribution in [0.3, 0.4) is 0 Å². The molecule has 2 rings (SSSR count). The predicted molar refractivity (Wildman–Crippen MR) is 60.8 cm³/mol. The highest BCUT2D eigenvalue weighted by atomic mass is 16.3. The molecule has 0 fully saturated rings. The van der Waals surface area contributed by atoms with E-state index in [0.717, 1.165) is 16.8 Å². The van der Waals surface area contributed by atoms with Crippen LogP contribution in [0.15, 0.2) is 30.5 Å². The largest absolute Gasteiger partial charge is 0.396 e. The summed E-state index contributed by atoms with van der Waals surface area (Å²) in [6, 6.07) is 7.99. The van der Waals surface area contributed by atoms with Gasteiger partial charge in [-0.3, -0.25) is 0 Å². The quantitative estimate of drug-likeness (QED) is 0.840. The molecule has 0 aliphatic carbocycles. The van der Waals surface area contributed by atoms with Crippen molar-refractivity contribution in [3.8, 4) is 11.3 Å². The van der Waals surface area contributed by atoms with Gasteiger partial charge >= 0.3 is 0 Å². The lowest BCUT2D eigenvalue weighted by molar-refractivity contribution is 0.296. The van der Waals surface area contributed by atoms with Gasteiger partial charge in [-0.05, 0) is 12.5 Å². The third-order valence-corrected chi connectivity index (χ3v) is 2.36. The van der Waals surface area contributed by atoms with Gasteiger partial charge in [0.15, 0.2) is 5.82 Å². The van der Waals surface area contributed by atoms with Crippen LogP contribution in [0.25, 0.3) is 11.3 Å². The van der Waals surface area contributed by atoms with E-state index in [1.54, 1.807) is 6.20 Å². The van der Waals surface area contributed by atoms with Gasteiger partial charge in [-0.2, -0.15) is 5.10 Å². The Bertz CT molecular complexity index is 485. The number of nitrogens with zero attached hydrogens (tertiary/aromatic N) is 3. The standard InChI is InChI=1S/C12H13N3O/c1-9-4-2-3-5-10(9)11-8-13-15-12(14-11)6-7-16/h2-5,8,16H,6-7H2,1H3. The molecule has 4 heteroatoms. The second kappa shape index (κ2) is 4.81. The van der Waals surface area contributed by atoms with Gasteiger partial charge in [0.1, 0.15) is 0 Å². The summed E-state index contributed by atoms with van der Waals surface area (Å²) in [5.74, 6) is 0.572. The Labute approximate surface area is 94.0 Å². The highest BCUT2D eigenvalue weighted by molar-refractivity contribution is 5.62. The zero-order chi connectivity index (χ0) is 11.4. The third-order valence-electron chi connectivity index (χ3n) is 2.36. The number of aromatic nitrogens is 3. The summed E-state index contributed by atoms with van der Waals surface area (Å²) in [7, 11) is 0. The second-order valence-electron chi connectivity index (χ2n) is 3.55. The zero-order valence-electron chi connectivity index (χ0n) is 9.09. The second-order valence-corrected chi connectivity index (χ2v) is 3.55. The smallest absolute Gasteiger partial charge is 0.153 e. The normalized spacial score (nSPS) is 10.4. The molecule has 2 aromatic rings. The summed E-state index contributed by atoms with van der Waals surface area (Å²) < 4.78 is 0. The zero-order valence-corrected chi connectivity index (χ0v) is 9.09. The molecule has 1 aromatic heterocycles. The van der Waals surface area contributed by atoms with Crippen molar-refractivity contribution < 1.29 is 5.11 Å². The topological polar surface area (TPSA) is 58.9 Å². The summed E-state index contributed by atoms with van der Waals surface area (Å²) >= 11 is 0. The van der Waals surface area contributed by atoms with Crippen molar-refractivity contribution in [2.75, 3.05) is 6.61 Å². The molecular formula is C12H13N3O. The Hall–Kier alpha value is -1.81. The number of aliphatic hydroxyl groups excluding tert-OH is 1. The fourth-order valence-electron chi connectivity index (χ4n) is 1.54. The summed E-state index contributed by atoms with van der Waals surface area (Å²) in [6.07, 6.45) is 2.08. The molecule has 4 nitrogen and oxygen atoms in total. The van der Waals surface area contributed by atoms with Crippen molar-refractivity contribution in [2.45, 2.75) is 13.3 Å². The van der Waals surface area contributed by atoms with E-state index in [1.165, 1.54) is 0 Å². The van der Waals surface area contributed by atoms with Crippen LogP contribution in [0.4, 0.5) is 0 Å². The van der Waals surface area contributed by atoms with E-state index in [4.69, 9.17) is 5.11 Å². The Balaban J connectivity index is 2.40. The highest BCUT2D eigenvalue weighted by Crippen LogP contribution is 2.19. The van der Waals surface area contributed by atoms with Crippen LogP contribution in [0.1, 0.15) is 11.4 Å². The summed E-state index contributed by atoms with van der Waals surface area (Å²) in [4.78, 5) is 4.36. The van der Waals surface area contributed by atoms with Crippen molar-refractivity contribution in [1.29, 1.82) is 0 Å². The Morgan fingerprint density at radius 2 is 2.06 bits per heavy atom. The lowest BCUT2D eigenvalue weighted by Crippen LogP contribution is -2.02. The molecule has 0 radical (unpaired) electrons. The minimum atomic E-state index is 0.0406. The molecule has 0 atom stereocenters. The Morgan fingerprint density at radius 3 is 2.81 bits per heavy atom. The van der Waals surface area contributed by atoms with Crippen LogP contribution in [0, 0.1) is 6.92 Å². The molecule has 1 N–H and O–H groups in total. The monoisotopic (exact) mass is 215 g/mol. The van der Waals surface area contributed by atoms with Gasteiger partial charge in [-0.1, -0.05) is 24.3 Å². The SMILES string of the molecule is Cc1ccccc1-c1cnnc(CCO)n1. The average Bonchev–Trinajstić information content (AvgIpc) is 2.30. The Morgan fingerprint density at radius 1 is 1.25 bits per heavy atom. The number of aliphatic hydroxyl groups is 1. The number of aryl methyl sites for hydroxylation is 1. The maximum atomic E-state index is 8.83. The first-order valence-corrected chi connectivity index (χ1v) is 5.16. The van der Waals surface area contributed by atoms with Crippen LogP contribution in [-0.2, 0) is 6.42 Å². The van der Waals surface area contributed by atoms with Crippen LogP contribution >= 0.6 is 0 Å². The van der Waals surface area contributed by atoms with Crippen molar-refractivity contribution in [3.63, 3.8) is 0 Å². The van der Waals surface area contributed by atoms with Crippen LogP contribution in [0.5, 0.6) is 0 Å². The summed E-state index contributed by atoms with van der Waals surface area (Å²) in [5.41, 5.74) is 3.01. The first-order valence-electron chi connectivity index (χ1n) is 5.16. The van der Waals surface area contributed by atoms with E-state index in [9.17, 15) is 0 Å². The van der Waals surface area contributed by atoms with Crippen molar-refractivity contribution in [1.82, 2.24) is 15.2 Å². The molecule has 0 bridgehead atoms. The summed E-state index contributed by atoms with van der Waals surface area (Å²) in [5, 5.41) is 16.6. The maximum absolute atomic E-state index is 8.83. The molecule has 0 amide bonds. The number of benzene rings is 1. The minimum absolute atomic E-state index is 0.0406. The van der Waals surface area contributed by atoms with E-state index in [-0.39, 0.29) is 6.61 Å². The maximum Gasteiger partial charge on any atom is 0.153 e. The van der Waals surface area contributed by atoms with Gasteiger partial charge in [-0.25, -0.2) is 4.98 Å². The Kier molecular flexibility index (Phi) is 3.22. The van der Waals surface area contributed by atoms with E-state index >= 15 is 0 Å². The van der Waals surface area contributed by atoms with Gasteiger partial charge in [0.05, 0.1) is 18.5 Å². The molecule has 1 aromatic carbocycles. The molecule has 82 valence electrons. The lowest BCUT2D eigenvalue weighted by atomic mass is 10.1. The van der Waals surface area contributed by atoms with Crippen molar-refractivity contribution >= 4 is 0 Å². The minimum Gasteiger partial charge on any atom is -0.396 e. The number of hydrogen-bond donors (Lipinski definition) is 1. The first-order chi connectivity index (χ1) is 7.81. The van der Waals surface area contributed by atoms with Crippen LogP contribution in [0.2, 0.25) is 0 Å². The number of rotatable bonds is 3. The van der Waals surface area contributed by atoms with E-state index < -0.39 is 0 Å². The van der Waals surface area contributed by atoms with Gasteiger partial charge in [0.2, 0.25) is 0 Å². The predicted octanol–water partition coefficient (Wildman–Crippen LogP) is 1.38. The number of hydrogen-bond acceptors (Lipinski definition) is 4. The molecule has 0 saturated carbocycles. The molecule has 16 heavy (non-hydrogen) atoms. The summed E-state index contributed by atoms with van der Waals surface area (Å²) in [6.45, 7) is 2.07. The third kappa shape index (κ3) is 2.23. The highest BCUT2D eigenvalue weighted by Gasteiger charge is 2.04. The van der Waals surface area contributed by atoms with Gasteiger partial charge in [0, 0.05) is 12.0 Å². The van der Waals surface area contributed by atoms with E-state index in [1.807, 2.05) is 31.2 Å². The molecule has 0 aliphatic heterocycles. The molecule has 0 aliphatic rings. The average molecular weight is 215 g/mol. The van der Waals surface area contributed by atoms with E-state index in [0.29, 0.717) is 12.2 Å². The molecule has 0 unspecified atom stereocenters. The van der Waals surface area contributed by atoms with Gasteiger partial charge < -0.3 is 5.11 Å². The fourth-order valence-corrected chi connectivity index (χ4v) is 1.54. The molecule has 1 heterocycles. The van der Waals surface area contributed by atoms with Crippen molar-refractivity contribution in [3.05, 3.63) is 41.9 Å².